The lowest BCUT2D eigenvalue weighted by atomic mass is 10.2. The molecule has 2 rings (SSSR count). The number of nitrogens with zero attached hydrogens (tertiary/aromatic N) is 1. The summed E-state index contributed by atoms with van der Waals surface area (Å²) in [5, 5.41) is 0. The van der Waals surface area contributed by atoms with E-state index in [9.17, 15) is 4.79 Å². The predicted molar refractivity (Wildman–Crippen MR) is 53.9 cm³/mol. The minimum Gasteiger partial charge on any atom is -0.468 e. The smallest absolute Gasteiger partial charge is 0.322 e. The molecular weight excluding hydrogens is 178 g/mol. The molecule has 0 aliphatic heterocycles. The number of rotatable bonds is 5. The molecule has 1 unspecified atom stereocenters. The first-order chi connectivity index (χ1) is 6.72. The molecule has 2 aliphatic carbocycles. The Kier molecular flexibility index (Phi) is 2.77. The standard InChI is InChI=1S/C11H19NO2/c1-8(11(13)14-2)12(10-5-6-10)7-9-3-4-9/h8-10H,3-7H2,1-2H3. The van der Waals surface area contributed by atoms with Crippen LogP contribution in [0.5, 0.6) is 0 Å². The van der Waals surface area contributed by atoms with Crippen molar-refractivity contribution in [3.05, 3.63) is 0 Å². The highest BCUT2D eigenvalue weighted by Crippen LogP contribution is 2.35. The number of ether oxygens (including phenoxy) is 1. The molecule has 2 aliphatic rings. The predicted octanol–water partition coefficient (Wildman–Crippen LogP) is 1.42. The fraction of sp³-hybridized carbons (Fsp3) is 0.909. The molecule has 2 saturated carbocycles. The second-order valence-electron chi connectivity index (χ2n) is 4.57. The largest absolute Gasteiger partial charge is 0.468 e. The van der Waals surface area contributed by atoms with E-state index < -0.39 is 0 Å². The minimum atomic E-state index is -0.0856. The van der Waals surface area contributed by atoms with E-state index >= 15 is 0 Å². The lowest BCUT2D eigenvalue weighted by molar-refractivity contribution is -0.146. The van der Waals surface area contributed by atoms with Crippen LogP contribution in [0.1, 0.15) is 32.6 Å². The van der Waals surface area contributed by atoms with Crippen molar-refractivity contribution in [3.63, 3.8) is 0 Å². The number of hydrogen-bond acceptors (Lipinski definition) is 3. The zero-order valence-corrected chi connectivity index (χ0v) is 9.03. The topological polar surface area (TPSA) is 29.5 Å². The number of carbonyl (C=O) groups excluding carboxylic acids is 1. The van der Waals surface area contributed by atoms with Crippen LogP contribution in [0, 0.1) is 5.92 Å². The average molecular weight is 197 g/mol. The first-order valence-electron chi connectivity index (χ1n) is 5.56. The SMILES string of the molecule is COC(=O)C(C)N(CC1CC1)C1CC1. The Morgan fingerprint density at radius 3 is 2.50 bits per heavy atom. The molecule has 0 saturated heterocycles. The maximum absolute atomic E-state index is 11.4. The lowest BCUT2D eigenvalue weighted by Gasteiger charge is -2.26. The van der Waals surface area contributed by atoms with E-state index in [-0.39, 0.29) is 12.0 Å². The molecule has 80 valence electrons. The van der Waals surface area contributed by atoms with Gasteiger partial charge >= 0.3 is 5.97 Å². The Morgan fingerprint density at radius 1 is 1.43 bits per heavy atom. The van der Waals surface area contributed by atoms with Crippen LogP contribution in [-0.4, -0.2) is 36.6 Å². The van der Waals surface area contributed by atoms with Crippen molar-refractivity contribution >= 4 is 5.97 Å². The molecule has 3 heteroatoms. The maximum atomic E-state index is 11.4. The molecule has 0 radical (unpaired) electrons. The first kappa shape index (κ1) is 9.97. The second kappa shape index (κ2) is 3.89. The summed E-state index contributed by atoms with van der Waals surface area (Å²) in [4.78, 5) is 13.8. The van der Waals surface area contributed by atoms with Crippen LogP contribution >= 0.6 is 0 Å². The summed E-state index contributed by atoms with van der Waals surface area (Å²) in [5.41, 5.74) is 0. The third kappa shape index (κ3) is 2.27. The van der Waals surface area contributed by atoms with E-state index in [1.54, 1.807) is 0 Å². The van der Waals surface area contributed by atoms with E-state index in [1.807, 2.05) is 6.92 Å². The van der Waals surface area contributed by atoms with Crippen LogP contribution in [0.25, 0.3) is 0 Å². The quantitative estimate of drug-likeness (QED) is 0.624. The number of hydrogen-bond donors (Lipinski definition) is 0. The van der Waals surface area contributed by atoms with E-state index in [0.29, 0.717) is 6.04 Å². The average Bonchev–Trinajstić information content (AvgIpc) is 3.02. The van der Waals surface area contributed by atoms with Gasteiger partial charge in [-0.15, -0.1) is 0 Å². The van der Waals surface area contributed by atoms with E-state index in [0.717, 1.165) is 12.5 Å². The van der Waals surface area contributed by atoms with E-state index in [1.165, 1.54) is 32.8 Å². The fourth-order valence-corrected chi connectivity index (χ4v) is 1.93. The molecule has 0 N–H and O–H groups in total. The molecule has 0 aromatic heterocycles. The third-order valence-electron chi connectivity index (χ3n) is 3.22. The highest BCUT2D eigenvalue weighted by molar-refractivity contribution is 5.75. The Balaban J connectivity index is 1.90. The van der Waals surface area contributed by atoms with E-state index in [4.69, 9.17) is 4.74 Å². The molecule has 1 atom stereocenters. The summed E-state index contributed by atoms with van der Waals surface area (Å²) in [6.45, 7) is 3.06. The van der Waals surface area contributed by atoms with Crippen LogP contribution in [0.3, 0.4) is 0 Å². The summed E-state index contributed by atoms with van der Waals surface area (Å²) in [6, 6.07) is 0.609. The van der Waals surface area contributed by atoms with Gasteiger partial charge in [-0.2, -0.15) is 0 Å². The molecule has 0 heterocycles. The number of methoxy groups -OCH3 is 1. The monoisotopic (exact) mass is 197 g/mol. The van der Waals surface area contributed by atoms with Crippen molar-refractivity contribution in [1.29, 1.82) is 0 Å². The number of esters is 1. The van der Waals surface area contributed by atoms with Gasteiger partial charge in [-0.3, -0.25) is 9.69 Å². The van der Waals surface area contributed by atoms with Crippen molar-refractivity contribution in [3.8, 4) is 0 Å². The van der Waals surface area contributed by atoms with Gasteiger partial charge in [0.05, 0.1) is 7.11 Å². The molecule has 0 bridgehead atoms. The third-order valence-corrected chi connectivity index (χ3v) is 3.22. The van der Waals surface area contributed by atoms with Gasteiger partial charge in [0.15, 0.2) is 0 Å². The van der Waals surface area contributed by atoms with Crippen LogP contribution in [-0.2, 0) is 9.53 Å². The minimum absolute atomic E-state index is 0.0481. The zero-order chi connectivity index (χ0) is 10.1. The highest BCUT2D eigenvalue weighted by atomic mass is 16.5. The maximum Gasteiger partial charge on any atom is 0.322 e. The van der Waals surface area contributed by atoms with Gasteiger partial charge in [0.1, 0.15) is 6.04 Å². The van der Waals surface area contributed by atoms with Crippen LogP contribution in [0.15, 0.2) is 0 Å². The van der Waals surface area contributed by atoms with Gasteiger partial charge in [-0.1, -0.05) is 0 Å². The fourth-order valence-electron chi connectivity index (χ4n) is 1.93. The molecule has 0 spiro atoms. The summed E-state index contributed by atoms with van der Waals surface area (Å²) in [5.74, 6) is 0.764. The van der Waals surface area contributed by atoms with E-state index in [2.05, 4.69) is 4.90 Å². The van der Waals surface area contributed by atoms with Gasteiger partial charge in [0.25, 0.3) is 0 Å². The van der Waals surface area contributed by atoms with Crippen molar-refractivity contribution in [1.82, 2.24) is 4.90 Å². The molecule has 14 heavy (non-hydrogen) atoms. The molecular formula is C11H19NO2. The van der Waals surface area contributed by atoms with Crippen molar-refractivity contribution in [2.75, 3.05) is 13.7 Å². The normalized spacial score (nSPS) is 23.6. The van der Waals surface area contributed by atoms with Crippen molar-refractivity contribution in [2.45, 2.75) is 44.7 Å². The summed E-state index contributed by atoms with van der Waals surface area (Å²) in [6.07, 6.45) is 5.20. The Hall–Kier alpha value is -0.570. The van der Waals surface area contributed by atoms with Gasteiger partial charge in [0, 0.05) is 12.6 Å². The molecule has 0 aromatic rings. The highest BCUT2D eigenvalue weighted by Gasteiger charge is 2.38. The Morgan fingerprint density at radius 2 is 2.07 bits per heavy atom. The summed E-state index contributed by atoms with van der Waals surface area (Å²) in [7, 11) is 1.47. The van der Waals surface area contributed by atoms with Crippen molar-refractivity contribution in [2.24, 2.45) is 5.92 Å². The molecule has 0 aromatic carbocycles. The van der Waals surface area contributed by atoms with Gasteiger partial charge in [-0.25, -0.2) is 0 Å². The summed E-state index contributed by atoms with van der Waals surface area (Å²) >= 11 is 0. The first-order valence-corrected chi connectivity index (χ1v) is 5.56. The Bertz CT molecular complexity index is 221. The molecule has 2 fully saturated rings. The number of carbonyl (C=O) groups is 1. The second-order valence-corrected chi connectivity index (χ2v) is 4.57. The molecule has 0 amide bonds. The van der Waals surface area contributed by atoms with Gasteiger partial charge in [0.2, 0.25) is 0 Å². The lowest BCUT2D eigenvalue weighted by Crippen LogP contribution is -2.42. The van der Waals surface area contributed by atoms with Crippen LogP contribution in [0.4, 0.5) is 0 Å². The zero-order valence-electron chi connectivity index (χ0n) is 9.03. The summed E-state index contributed by atoms with van der Waals surface area (Å²) < 4.78 is 4.79. The molecule has 3 nitrogen and oxygen atoms in total. The Labute approximate surface area is 85.4 Å². The van der Waals surface area contributed by atoms with Crippen LogP contribution < -0.4 is 0 Å². The van der Waals surface area contributed by atoms with Gasteiger partial charge < -0.3 is 4.74 Å². The van der Waals surface area contributed by atoms with Crippen molar-refractivity contribution < 1.29 is 9.53 Å². The van der Waals surface area contributed by atoms with Gasteiger partial charge in [-0.05, 0) is 38.5 Å². The van der Waals surface area contributed by atoms with Crippen LogP contribution in [0.2, 0.25) is 0 Å².